The molecule has 1 aliphatic heterocycles. The van der Waals surface area contributed by atoms with Crippen LogP contribution in [0.15, 0.2) is 45.7 Å². The number of nitrogens with zero attached hydrogens (tertiary/aromatic N) is 2. The van der Waals surface area contributed by atoms with E-state index < -0.39 is 11.5 Å². The maximum atomic E-state index is 12.4. The first-order valence-electron chi connectivity index (χ1n) is 9.94. The molecule has 2 aromatic heterocycles. The largest absolute Gasteiger partial charge is 0.507 e. The summed E-state index contributed by atoms with van der Waals surface area (Å²) in [6.07, 6.45) is 1.13. The lowest BCUT2D eigenvalue weighted by Crippen LogP contribution is -2.35. The Kier molecular flexibility index (Phi) is 6.50. The summed E-state index contributed by atoms with van der Waals surface area (Å²) in [5.41, 5.74) is 0.945. The van der Waals surface area contributed by atoms with Gasteiger partial charge in [0.15, 0.2) is 5.58 Å². The molecule has 9 heteroatoms. The van der Waals surface area contributed by atoms with E-state index in [1.54, 1.807) is 30.3 Å². The molecule has 162 valence electrons. The highest BCUT2D eigenvalue weighted by Crippen LogP contribution is 2.27. The number of nitrogens with one attached hydrogen (secondary N) is 1. The molecule has 1 amide bonds. The molecule has 3 aromatic rings. The standard InChI is InChI=1S/C22H22ClN3O5/c23-15-3-1-14(2-4-15)11-25-20(27)10-18-21(28)17-9-16(13-26-5-7-30-8-6-26)24-12-19(17)31-22(18)29/h1-4,9,12,28H,5-8,10-11,13H2,(H,25,27). The molecule has 2 N–H and O–H groups in total. The third-order valence-corrected chi connectivity index (χ3v) is 5.40. The van der Waals surface area contributed by atoms with E-state index >= 15 is 0 Å². The number of aromatic nitrogens is 1. The van der Waals surface area contributed by atoms with Gasteiger partial charge in [0.1, 0.15) is 5.75 Å². The topological polar surface area (TPSA) is 105 Å². The van der Waals surface area contributed by atoms with Gasteiger partial charge in [-0.1, -0.05) is 23.7 Å². The number of pyridine rings is 1. The van der Waals surface area contributed by atoms with Gasteiger partial charge in [0.05, 0.1) is 42.5 Å². The van der Waals surface area contributed by atoms with Gasteiger partial charge in [0, 0.05) is 31.2 Å². The molecule has 31 heavy (non-hydrogen) atoms. The van der Waals surface area contributed by atoms with Crippen LogP contribution in [0.2, 0.25) is 5.02 Å². The molecule has 0 atom stereocenters. The molecule has 1 fully saturated rings. The monoisotopic (exact) mass is 443 g/mol. The predicted octanol–water partition coefficient (Wildman–Crippen LogP) is 2.24. The summed E-state index contributed by atoms with van der Waals surface area (Å²) in [7, 11) is 0. The Morgan fingerprint density at radius 1 is 1.23 bits per heavy atom. The SMILES string of the molecule is O=C(Cc1c(O)c2cc(CN3CCOCC3)ncc2oc1=O)NCc1ccc(Cl)cc1. The van der Waals surface area contributed by atoms with E-state index in [1.807, 2.05) is 0 Å². The lowest BCUT2D eigenvalue weighted by molar-refractivity contribution is -0.120. The number of aromatic hydroxyl groups is 1. The summed E-state index contributed by atoms with van der Waals surface area (Å²) in [6.45, 7) is 3.81. The van der Waals surface area contributed by atoms with E-state index in [0.717, 1.165) is 24.3 Å². The number of hydrogen-bond donors (Lipinski definition) is 2. The van der Waals surface area contributed by atoms with Crippen LogP contribution >= 0.6 is 11.6 Å². The maximum Gasteiger partial charge on any atom is 0.343 e. The number of morpholine rings is 1. The third-order valence-electron chi connectivity index (χ3n) is 5.14. The van der Waals surface area contributed by atoms with Gasteiger partial charge in [-0.15, -0.1) is 0 Å². The zero-order chi connectivity index (χ0) is 21.8. The fourth-order valence-corrected chi connectivity index (χ4v) is 3.56. The molecule has 0 saturated carbocycles. The molecule has 3 heterocycles. The second-order valence-corrected chi connectivity index (χ2v) is 7.79. The van der Waals surface area contributed by atoms with Gasteiger partial charge in [-0.05, 0) is 23.8 Å². The fraction of sp³-hybridized carbons (Fsp3) is 0.318. The number of fused-ring (bicyclic) bond motifs is 1. The first-order valence-corrected chi connectivity index (χ1v) is 10.3. The molecule has 0 bridgehead atoms. The van der Waals surface area contributed by atoms with Gasteiger partial charge in [0.25, 0.3) is 0 Å². The summed E-state index contributed by atoms with van der Waals surface area (Å²) < 4.78 is 10.6. The summed E-state index contributed by atoms with van der Waals surface area (Å²) in [6, 6.07) is 8.75. The van der Waals surface area contributed by atoms with Crippen LogP contribution in [0.25, 0.3) is 11.0 Å². The van der Waals surface area contributed by atoms with E-state index in [-0.39, 0.29) is 29.9 Å². The number of benzene rings is 1. The van der Waals surface area contributed by atoms with Crippen LogP contribution in [0.4, 0.5) is 0 Å². The second-order valence-electron chi connectivity index (χ2n) is 7.36. The van der Waals surface area contributed by atoms with E-state index in [0.29, 0.717) is 30.2 Å². The Labute approximate surface area is 183 Å². The van der Waals surface area contributed by atoms with Gasteiger partial charge in [-0.3, -0.25) is 14.7 Å². The number of hydrogen-bond acceptors (Lipinski definition) is 7. The molecule has 1 saturated heterocycles. The average molecular weight is 444 g/mol. The number of halogens is 1. The zero-order valence-electron chi connectivity index (χ0n) is 16.8. The lowest BCUT2D eigenvalue weighted by atomic mass is 10.1. The van der Waals surface area contributed by atoms with Gasteiger partial charge < -0.3 is 19.6 Å². The minimum absolute atomic E-state index is 0.0790. The Bertz CT molecular complexity index is 1140. The van der Waals surface area contributed by atoms with Crippen molar-refractivity contribution in [2.24, 2.45) is 0 Å². The first-order chi connectivity index (χ1) is 15.0. The van der Waals surface area contributed by atoms with Gasteiger partial charge >= 0.3 is 5.63 Å². The Balaban J connectivity index is 1.50. The van der Waals surface area contributed by atoms with Gasteiger partial charge in [-0.25, -0.2) is 4.79 Å². The minimum atomic E-state index is -0.755. The van der Waals surface area contributed by atoms with Crippen molar-refractivity contribution in [3.05, 3.63) is 68.8 Å². The van der Waals surface area contributed by atoms with E-state index in [1.165, 1.54) is 6.20 Å². The number of carbonyl (C=O) groups excluding carboxylic acids is 1. The third kappa shape index (κ3) is 5.22. The fourth-order valence-electron chi connectivity index (χ4n) is 3.43. The highest BCUT2D eigenvalue weighted by molar-refractivity contribution is 6.30. The van der Waals surface area contributed by atoms with Crippen molar-refractivity contribution in [3.8, 4) is 5.75 Å². The van der Waals surface area contributed by atoms with Crippen molar-refractivity contribution in [2.45, 2.75) is 19.5 Å². The molecule has 4 rings (SSSR count). The minimum Gasteiger partial charge on any atom is -0.507 e. The van der Waals surface area contributed by atoms with E-state index in [4.69, 9.17) is 20.8 Å². The summed E-state index contributed by atoms with van der Waals surface area (Å²) in [5.74, 6) is -0.655. The summed E-state index contributed by atoms with van der Waals surface area (Å²) in [4.78, 5) is 31.2. The van der Waals surface area contributed by atoms with Crippen LogP contribution in [-0.2, 0) is 29.0 Å². The van der Waals surface area contributed by atoms with Crippen LogP contribution in [-0.4, -0.2) is 47.2 Å². The Hall–Kier alpha value is -2.94. The molecule has 0 spiro atoms. The van der Waals surface area contributed by atoms with E-state index in [2.05, 4.69) is 15.2 Å². The number of amides is 1. The van der Waals surface area contributed by atoms with Crippen molar-refractivity contribution in [1.29, 1.82) is 0 Å². The molecule has 1 aromatic carbocycles. The van der Waals surface area contributed by atoms with E-state index in [9.17, 15) is 14.7 Å². The molecule has 0 unspecified atom stereocenters. The van der Waals surface area contributed by atoms with Crippen LogP contribution in [0.3, 0.4) is 0 Å². The highest BCUT2D eigenvalue weighted by Gasteiger charge is 2.19. The molecular weight excluding hydrogens is 422 g/mol. The zero-order valence-corrected chi connectivity index (χ0v) is 17.5. The van der Waals surface area contributed by atoms with Crippen LogP contribution < -0.4 is 10.9 Å². The second kappa shape index (κ2) is 9.47. The molecule has 8 nitrogen and oxygen atoms in total. The molecule has 0 aliphatic carbocycles. The van der Waals surface area contributed by atoms with Crippen LogP contribution in [0.1, 0.15) is 16.8 Å². The summed E-state index contributed by atoms with van der Waals surface area (Å²) >= 11 is 5.86. The predicted molar refractivity (Wildman–Crippen MR) is 115 cm³/mol. The molecule has 0 radical (unpaired) electrons. The summed E-state index contributed by atoms with van der Waals surface area (Å²) in [5, 5.41) is 14.4. The van der Waals surface area contributed by atoms with Crippen LogP contribution in [0.5, 0.6) is 5.75 Å². The first kappa shape index (κ1) is 21.3. The Morgan fingerprint density at radius 2 is 1.97 bits per heavy atom. The normalized spacial score (nSPS) is 14.6. The quantitative estimate of drug-likeness (QED) is 0.602. The molecule has 1 aliphatic rings. The van der Waals surface area contributed by atoms with Crippen molar-refractivity contribution in [1.82, 2.24) is 15.2 Å². The van der Waals surface area contributed by atoms with Crippen molar-refractivity contribution < 1.29 is 19.1 Å². The van der Waals surface area contributed by atoms with Gasteiger partial charge in [0.2, 0.25) is 5.91 Å². The molecular formula is C22H22ClN3O5. The van der Waals surface area contributed by atoms with Gasteiger partial charge in [-0.2, -0.15) is 0 Å². The number of ether oxygens (including phenoxy) is 1. The van der Waals surface area contributed by atoms with Crippen molar-refractivity contribution in [2.75, 3.05) is 26.3 Å². The lowest BCUT2D eigenvalue weighted by Gasteiger charge is -2.26. The van der Waals surface area contributed by atoms with Crippen molar-refractivity contribution >= 4 is 28.5 Å². The van der Waals surface area contributed by atoms with Crippen LogP contribution in [0, 0.1) is 0 Å². The smallest absolute Gasteiger partial charge is 0.343 e. The Morgan fingerprint density at radius 3 is 2.71 bits per heavy atom. The number of carbonyl (C=O) groups is 1. The highest BCUT2D eigenvalue weighted by atomic mass is 35.5. The number of rotatable bonds is 6. The maximum absolute atomic E-state index is 12.4. The average Bonchev–Trinajstić information content (AvgIpc) is 2.77. The van der Waals surface area contributed by atoms with Crippen molar-refractivity contribution in [3.63, 3.8) is 0 Å².